The maximum absolute atomic E-state index is 14.0. The van der Waals surface area contributed by atoms with Crippen molar-refractivity contribution in [2.45, 2.75) is 110 Å². The van der Waals surface area contributed by atoms with E-state index in [1.165, 1.54) is 56.9 Å². The number of hydrogen-bond acceptors (Lipinski definition) is 3. The lowest BCUT2D eigenvalue weighted by Crippen LogP contribution is -2.09. The quantitative estimate of drug-likeness (QED) is 0.210. The summed E-state index contributed by atoms with van der Waals surface area (Å²) >= 11 is 0. The van der Waals surface area contributed by atoms with E-state index in [2.05, 4.69) is 30.7 Å². The van der Waals surface area contributed by atoms with Crippen LogP contribution in [-0.4, -0.2) is 22.7 Å². The fraction of sp³-hybridized carbons (Fsp3) is 0.655. The average Bonchev–Trinajstić information content (AvgIpc) is 2.85. The monoisotopic (exact) mass is 456 g/mol. The van der Waals surface area contributed by atoms with Gasteiger partial charge in [0.2, 0.25) is 0 Å². The number of aryl methyl sites for hydroxylation is 1. The van der Waals surface area contributed by atoms with Crippen molar-refractivity contribution in [1.82, 2.24) is 9.97 Å². The Labute approximate surface area is 201 Å². The molecule has 1 aromatic carbocycles. The molecule has 2 rings (SSSR count). The lowest BCUT2D eigenvalue weighted by molar-refractivity contribution is 0.217. The van der Waals surface area contributed by atoms with Crippen molar-refractivity contribution in [1.29, 1.82) is 0 Å². The van der Waals surface area contributed by atoms with E-state index in [0.29, 0.717) is 25.4 Å². The Balaban J connectivity index is 1.66. The summed E-state index contributed by atoms with van der Waals surface area (Å²) in [5, 5.41) is 0. The Morgan fingerprint density at radius 1 is 0.818 bits per heavy atom. The SMILES string of the molecule is CCCCCCCCCCc1cnc(-c2ccc(OCCC(F)CCC(C)CC)cc2)nc1. The Hall–Kier alpha value is -1.97. The van der Waals surface area contributed by atoms with Crippen molar-refractivity contribution in [2.75, 3.05) is 6.61 Å². The summed E-state index contributed by atoms with van der Waals surface area (Å²) in [5.74, 6) is 2.09. The number of alkyl halides is 1. The fourth-order valence-electron chi connectivity index (χ4n) is 3.91. The molecule has 2 aromatic rings. The molecule has 0 N–H and O–H groups in total. The van der Waals surface area contributed by atoms with E-state index in [0.717, 1.165) is 36.4 Å². The molecule has 0 radical (unpaired) electrons. The van der Waals surface area contributed by atoms with Gasteiger partial charge < -0.3 is 4.74 Å². The van der Waals surface area contributed by atoms with Crippen LogP contribution in [0.3, 0.4) is 0 Å². The smallest absolute Gasteiger partial charge is 0.159 e. The van der Waals surface area contributed by atoms with Crippen LogP contribution < -0.4 is 4.74 Å². The molecule has 0 amide bonds. The van der Waals surface area contributed by atoms with Crippen molar-refractivity contribution in [3.05, 3.63) is 42.2 Å². The van der Waals surface area contributed by atoms with E-state index < -0.39 is 6.17 Å². The molecule has 184 valence electrons. The summed E-state index contributed by atoms with van der Waals surface area (Å²) in [5.41, 5.74) is 2.18. The van der Waals surface area contributed by atoms with Crippen LogP contribution in [0.5, 0.6) is 5.75 Å². The highest BCUT2D eigenvalue weighted by atomic mass is 19.1. The lowest BCUT2D eigenvalue weighted by Gasteiger charge is -2.12. The third kappa shape index (κ3) is 11.6. The third-order valence-electron chi connectivity index (χ3n) is 6.51. The van der Waals surface area contributed by atoms with Gasteiger partial charge in [-0.05, 0) is 61.4 Å². The summed E-state index contributed by atoms with van der Waals surface area (Å²) in [6, 6.07) is 7.77. The highest BCUT2D eigenvalue weighted by Crippen LogP contribution is 2.21. The minimum absolute atomic E-state index is 0.408. The van der Waals surface area contributed by atoms with Gasteiger partial charge >= 0.3 is 0 Å². The molecule has 0 fully saturated rings. The maximum Gasteiger partial charge on any atom is 0.159 e. The van der Waals surface area contributed by atoms with E-state index in [1.54, 1.807) is 0 Å². The van der Waals surface area contributed by atoms with Crippen LogP contribution >= 0.6 is 0 Å². The van der Waals surface area contributed by atoms with E-state index in [-0.39, 0.29) is 0 Å². The molecule has 4 heteroatoms. The summed E-state index contributed by atoms with van der Waals surface area (Å²) in [6.45, 7) is 7.00. The summed E-state index contributed by atoms with van der Waals surface area (Å²) in [7, 11) is 0. The van der Waals surface area contributed by atoms with Crippen molar-refractivity contribution in [3.8, 4) is 17.1 Å². The number of nitrogens with zero attached hydrogens (tertiary/aromatic N) is 2. The van der Waals surface area contributed by atoms with Gasteiger partial charge in [-0.25, -0.2) is 14.4 Å². The molecular weight excluding hydrogens is 411 g/mol. The Kier molecular flexibility index (Phi) is 13.7. The molecular formula is C29H45FN2O. The number of hydrogen-bond donors (Lipinski definition) is 0. The number of unbranched alkanes of at least 4 members (excludes halogenated alkanes) is 7. The third-order valence-corrected chi connectivity index (χ3v) is 6.51. The van der Waals surface area contributed by atoms with Crippen molar-refractivity contribution in [3.63, 3.8) is 0 Å². The predicted octanol–water partition coefficient (Wildman–Crippen LogP) is 8.76. The topological polar surface area (TPSA) is 35.0 Å². The van der Waals surface area contributed by atoms with E-state index in [9.17, 15) is 4.39 Å². The van der Waals surface area contributed by atoms with E-state index in [4.69, 9.17) is 4.74 Å². The van der Waals surface area contributed by atoms with Gasteiger partial charge in [0, 0.05) is 24.4 Å². The minimum atomic E-state index is -0.781. The van der Waals surface area contributed by atoms with Crippen LogP contribution in [0.2, 0.25) is 0 Å². The molecule has 1 aromatic heterocycles. The number of ether oxygens (including phenoxy) is 1. The first-order chi connectivity index (χ1) is 16.1. The second-order valence-corrected chi connectivity index (χ2v) is 9.49. The molecule has 2 unspecified atom stereocenters. The van der Waals surface area contributed by atoms with Crippen LogP contribution in [0.1, 0.15) is 103 Å². The first kappa shape index (κ1) is 27.3. The number of halogens is 1. The molecule has 1 heterocycles. The van der Waals surface area contributed by atoms with Gasteiger partial charge in [-0.15, -0.1) is 0 Å². The van der Waals surface area contributed by atoms with Gasteiger partial charge in [0.15, 0.2) is 5.82 Å². The van der Waals surface area contributed by atoms with Crippen LogP contribution in [0.4, 0.5) is 4.39 Å². The summed E-state index contributed by atoms with van der Waals surface area (Å²) in [4.78, 5) is 9.11. The fourth-order valence-corrected chi connectivity index (χ4v) is 3.91. The van der Waals surface area contributed by atoms with Crippen molar-refractivity contribution < 1.29 is 9.13 Å². The van der Waals surface area contributed by atoms with Crippen LogP contribution in [0, 0.1) is 5.92 Å². The molecule has 33 heavy (non-hydrogen) atoms. The Morgan fingerprint density at radius 2 is 1.45 bits per heavy atom. The predicted molar refractivity (Wildman–Crippen MR) is 137 cm³/mol. The van der Waals surface area contributed by atoms with Crippen LogP contribution in [0.25, 0.3) is 11.4 Å². The Morgan fingerprint density at radius 3 is 2.09 bits per heavy atom. The zero-order valence-electron chi connectivity index (χ0n) is 21.2. The molecule has 0 aliphatic rings. The molecule has 2 atom stereocenters. The largest absolute Gasteiger partial charge is 0.493 e. The summed E-state index contributed by atoms with van der Waals surface area (Å²) in [6.07, 6.45) is 18.0. The first-order valence-electron chi connectivity index (χ1n) is 13.3. The zero-order valence-corrected chi connectivity index (χ0v) is 21.2. The first-order valence-corrected chi connectivity index (χ1v) is 13.3. The van der Waals surface area contributed by atoms with E-state index in [1.807, 2.05) is 36.7 Å². The zero-order chi connectivity index (χ0) is 23.7. The van der Waals surface area contributed by atoms with Gasteiger partial charge in [-0.1, -0.05) is 72.1 Å². The molecule has 0 bridgehead atoms. The van der Waals surface area contributed by atoms with Gasteiger partial charge in [0.1, 0.15) is 11.9 Å². The molecule has 0 saturated heterocycles. The number of aromatic nitrogens is 2. The molecule has 0 aliphatic heterocycles. The number of benzene rings is 1. The molecule has 0 aliphatic carbocycles. The van der Waals surface area contributed by atoms with Gasteiger partial charge in [-0.3, -0.25) is 0 Å². The van der Waals surface area contributed by atoms with Gasteiger partial charge in [0.05, 0.1) is 6.61 Å². The van der Waals surface area contributed by atoms with Gasteiger partial charge in [-0.2, -0.15) is 0 Å². The number of rotatable bonds is 18. The maximum atomic E-state index is 14.0. The standard InChI is InChI=1S/C29H45FN2O/c1-4-6-7-8-9-10-11-12-13-25-22-31-29(32-23-25)26-15-18-28(19-16-26)33-21-20-27(30)17-14-24(3)5-2/h15-16,18-19,22-24,27H,4-14,17,20-21H2,1-3H3. The van der Waals surface area contributed by atoms with Crippen LogP contribution in [-0.2, 0) is 6.42 Å². The average molecular weight is 457 g/mol. The molecule has 0 spiro atoms. The highest BCUT2D eigenvalue weighted by Gasteiger charge is 2.09. The Bertz CT molecular complexity index is 732. The highest BCUT2D eigenvalue weighted by molar-refractivity contribution is 5.55. The molecule has 0 saturated carbocycles. The van der Waals surface area contributed by atoms with Crippen molar-refractivity contribution in [2.24, 2.45) is 5.92 Å². The molecule has 3 nitrogen and oxygen atoms in total. The minimum Gasteiger partial charge on any atom is -0.493 e. The lowest BCUT2D eigenvalue weighted by atomic mass is 10.0. The van der Waals surface area contributed by atoms with Gasteiger partial charge in [0.25, 0.3) is 0 Å². The summed E-state index contributed by atoms with van der Waals surface area (Å²) < 4.78 is 19.7. The second kappa shape index (κ2) is 16.6. The second-order valence-electron chi connectivity index (χ2n) is 9.49. The van der Waals surface area contributed by atoms with Crippen LogP contribution in [0.15, 0.2) is 36.7 Å². The van der Waals surface area contributed by atoms with Crippen molar-refractivity contribution >= 4 is 0 Å². The van der Waals surface area contributed by atoms with E-state index >= 15 is 0 Å². The normalized spacial score (nSPS) is 13.1.